The van der Waals surface area contributed by atoms with Gasteiger partial charge in [0.25, 0.3) is 0 Å². The number of hydrogen-bond acceptors (Lipinski definition) is 5. The van der Waals surface area contributed by atoms with Crippen molar-refractivity contribution in [3.8, 4) is 0 Å². The van der Waals surface area contributed by atoms with Crippen LogP contribution in [-0.2, 0) is 11.3 Å². The Balaban J connectivity index is 2.00. The summed E-state index contributed by atoms with van der Waals surface area (Å²) in [5.74, 6) is 0.643. The molecule has 0 aliphatic carbocycles. The minimum absolute atomic E-state index is 0.144. The molecule has 1 aliphatic heterocycles. The van der Waals surface area contributed by atoms with E-state index in [1.165, 1.54) is 28.5 Å². The third kappa shape index (κ3) is 4.94. The van der Waals surface area contributed by atoms with Crippen LogP contribution in [0.3, 0.4) is 0 Å². The third-order valence-corrected chi connectivity index (χ3v) is 5.07. The number of thiazole rings is 1. The molecule has 4 nitrogen and oxygen atoms in total. The molecule has 0 aromatic carbocycles. The highest BCUT2D eigenvalue weighted by atomic mass is 32.1. The maximum absolute atomic E-state index is 5.32. The van der Waals surface area contributed by atoms with Crippen LogP contribution >= 0.6 is 11.3 Å². The summed E-state index contributed by atoms with van der Waals surface area (Å²) in [5.41, 5.74) is 1.31. The van der Waals surface area contributed by atoms with Crippen molar-refractivity contribution >= 4 is 16.5 Å². The van der Waals surface area contributed by atoms with Gasteiger partial charge >= 0.3 is 0 Å². The van der Waals surface area contributed by atoms with Gasteiger partial charge in [-0.3, -0.25) is 0 Å². The van der Waals surface area contributed by atoms with Gasteiger partial charge in [-0.1, -0.05) is 0 Å². The van der Waals surface area contributed by atoms with E-state index in [1.807, 2.05) is 11.3 Å². The molecule has 2 heterocycles. The fourth-order valence-corrected chi connectivity index (χ4v) is 3.70. The monoisotopic (exact) mass is 311 g/mol. The van der Waals surface area contributed by atoms with Crippen LogP contribution in [0.25, 0.3) is 0 Å². The Bertz CT molecular complexity index is 451. The molecule has 21 heavy (non-hydrogen) atoms. The van der Waals surface area contributed by atoms with E-state index < -0.39 is 0 Å². The lowest BCUT2D eigenvalue weighted by atomic mass is 9.99. The van der Waals surface area contributed by atoms with Gasteiger partial charge in [0, 0.05) is 37.2 Å². The Morgan fingerprint density at radius 1 is 1.43 bits per heavy atom. The average Bonchev–Trinajstić information content (AvgIpc) is 2.78. The van der Waals surface area contributed by atoms with Crippen molar-refractivity contribution in [1.82, 2.24) is 10.3 Å². The van der Waals surface area contributed by atoms with E-state index in [1.54, 1.807) is 7.11 Å². The highest BCUT2D eigenvalue weighted by molar-refractivity contribution is 7.15. The van der Waals surface area contributed by atoms with Crippen LogP contribution in [0.5, 0.6) is 0 Å². The van der Waals surface area contributed by atoms with E-state index in [2.05, 4.69) is 37.9 Å². The van der Waals surface area contributed by atoms with Crippen LogP contribution < -0.4 is 10.2 Å². The van der Waals surface area contributed by atoms with Gasteiger partial charge in [-0.15, -0.1) is 11.3 Å². The van der Waals surface area contributed by atoms with Crippen molar-refractivity contribution in [2.75, 3.05) is 31.7 Å². The van der Waals surface area contributed by atoms with Gasteiger partial charge in [-0.2, -0.15) is 0 Å². The molecule has 1 N–H and O–H groups in total. The van der Waals surface area contributed by atoms with Crippen LogP contribution in [0.15, 0.2) is 0 Å². The number of anilines is 1. The Morgan fingerprint density at radius 3 is 2.86 bits per heavy atom. The number of piperidine rings is 1. The molecular weight excluding hydrogens is 282 g/mol. The molecular formula is C16H29N3OS. The van der Waals surface area contributed by atoms with E-state index in [4.69, 9.17) is 9.72 Å². The predicted molar refractivity (Wildman–Crippen MR) is 90.3 cm³/mol. The minimum atomic E-state index is 0.144. The minimum Gasteiger partial charge on any atom is -0.384 e. The number of aromatic nitrogens is 1. The zero-order chi connectivity index (χ0) is 15.5. The van der Waals surface area contributed by atoms with Gasteiger partial charge in [0.1, 0.15) is 0 Å². The van der Waals surface area contributed by atoms with Crippen molar-refractivity contribution in [1.29, 1.82) is 0 Å². The average molecular weight is 311 g/mol. The summed E-state index contributed by atoms with van der Waals surface area (Å²) < 4.78 is 5.32. The maximum atomic E-state index is 5.32. The molecule has 1 aliphatic rings. The lowest BCUT2D eigenvalue weighted by Gasteiger charge is -2.32. The summed E-state index contributed by atoms with van der Waals surface area (Å²) in [4.78, 5) is 8.58. The second kappa shape index (κ2) is 7.07. The second-order valence-corrected chi connectivity index (χ2v) is 8.08. The summed E-state index contributed by atoms with van der Waals surface area (Å²) in [6.07, 6.45) is 2.51. The summed E-state index contributed by atoms with van der Waals surface area (Å²) >= 11 is 1.84. The van der Waals surface area contributed by atoms with Gasteiger partial charge in [0.05, 0.1) is 12.3 Å². The summed E-state index contributed by atoms with van der Waals surface area (Å²) in [7, 11) is 1.79. The summed E-state index contributed by atoms with van der Waals surface area (Å²) in [6.45, 7) is 12.7. The zero-order valence-electron chi connectivity index (χ0n) is 14.0. The number of nitrogens with zero attached hydrogens (tertiary/aromatic N) is 2. The standard InChI is InChI=1S/C16H29N3OS/c1-12-14(9-17-16(2,3)4)21-15(18-12)19-8-6-7-13(10-19)11-20-5/h13,17H,6-11H2,1-5H3. The van der Waals surface area contributed by atoms with E-state index in [-0.39, 0.29) is 5.54 Å². The Hall–Kier alpha value is -0.650. The smallest absolute Gasteiger partial charge is 0.185 e. The lowest BCUT2D eigenvalue weighted by molar-refractivity contribution is 0.143. The molecule has 1 atom stereocenters. The largest absolute Gasteiger partial charge is 0.384 e. The first kappa shape index (κ1) is 16.7. The van der Waals surface area contributed by atoms with Gasteiger partial charge in [0.15, 0.2) is 5.13 Å². The Labute approximate surface area is 132 Å². The van der Waals surface area contributed by atoms with Crippen molar-refractivity contribution in [2.24, 2.45) is 5.92 Å². The molecule has 0 spiro atoms. The van der Waals surface area contributed by atoms with Crippen LogP contribution in [-0.4, -0.2) is 37.3 Å². The number of ether oxygens (including phenoxy) is 1. The summed E-state index contributed by atoms with van der Waals surface area (Å²) in [6, 6.07) is 0. The molecule has 0 saturated carbocycles. The number of rotatable bonds is 5. The lowest BCUT2D eigenvalue weighted by Crippen LogP contribution is -2.37. The van der Waals surface area contributed by atoms with Crippen molar-refractivity contribution < 1.29 is 4.74 Å². The first-order chi connectivity index (χ1) is 9.89. The van der Waals surface area contributed by atoms with E-state index in [9.17, 15) is 0 Å². The SMILES string of the molecule is COCC1CCCN(c2nc(C)c(CNC(C)(C)C)s2)C1. The fourth-order valence-electron chi connectivity index (χ4n) is 2.67. The Morgan fingerprint density at radius 2 is 2.19 bits per heavy atom. The molecule has 0 amide bonds. The number of methoxy groups -OCH3 is 1. The Kier molecular flexibility index (Phi) is 5.63. The maximum Gasteiger partial charge on any atom is 0.185 e. The number of aryl methyl sites for hydroxylation is 1. The molecule has 1 saturated heterocycles. The number of hydrogen-bond donors (Lipinski definition) is 1. The van der Waals surface area contributed by atoms with Gasteiger partial charge in [-0.05, 0) is 46.5 Å². The normalized spacial score (nSPS) is 20.0. The molecule has 120 valence electrons. The van der Waals surface area contributed by atoms with Gasteiger partial charge < -0.3 is 15.0 Å². The molecule has 2 rings (SSSR count). The molecule has 0 radical (unpaired) electrons. The fraction of sp³-hybridized carbons (Fsp3) is 0.812. The predicted octanol–water partition coefficient (Wildman–Crippen LogP) is 3.20. The van der Waals surface area contributed by atoms with Crippen LogP contribution in [0.2, 0.25) is 0 Å². The topological polar surface area (TPSA) is 37.4 Å². The van der Waals surface area contributed by atoms with E-state index in [0.717, 1.165) is 26.2 Å². The molecule has 5 heteroatoms. The van der Waals surface area contributed by atoms with Crippen LogP contribution in [0.1, 0.15) is 44.2 Å². The van der Waals surface area contributed by atoms with Crippen molar-refractivity contribution in [3.05, 3.63) is 10.6 Å². The second-order valence-electron chi connectivity index (χ2n) is 7.02. The zero-order valence-corrected chi connectivity index (χ0v) is 14.8. The number of nitrogens with one attached hydrogen (secondary N) is 1. The van der Waals surface area contributed by atoms with Crippen molar-refractivity contribution in [3.63, 3.8) is 0 Å². The first-order valence-corrected chi connectivity index (χ1v) is 8.66. The van der Waals surface area contributed by atoms with E-state index >= 15 is 0 Å². The third-order valence-electron chi connectivity index (χ3n) is 3.85. The molecule has 1 unspecified atom stereocenters. The molecule has 0 bridgehead atoms. The van der Waals surface area contributed by atoms with Crippen LogP contribution in [0, 0.1) is 12.8 Å². The van der Waals surface area contributed by atoms with Crippen molar-refractivity contribution in [2.45, 2.75) is 52.6 Å². The van der Waals surface area contributed by atoms with E-state index in [0.29, 0.717) is 5.92 Å². The first-order valence-electron chi connectivity index (χ1n) is 7.84. The molecule has 1 fully saturated rings. The molecule has 1 aromatic heterocycles. The summed E-state index contributed by atoms with van der Waals surface area (Å²) in [5, 5.41) is 4.74. The van der Waals surface area contributed by atoms with Gasteiger partial charge in [-0.25, -0.2) is 4.98 Å². The molecule has 1 aromatic rings. The quantitative estimate of drug-likeness (QED) is 0.906. The van der Waals surface area contributed by atoms with Gasteiger partial charge in [0.2, 0.25) is 0 Å². The highest BCUT2D eigenvalue weighted by Crippen LogP contribution is 2.30. The highest BCUT2D eigenvalue weighted by Gasteiger charge is 2.23. The van der Waals surface area contributed by atoms with Crippen LogP contribution in [0.4, 0.5) is 5.13 Å².